The van der Waals surface area contributed by atoms with E-state index >= 15 is 0 Å². The standard InChI is InChI=1S/C19H29N3O3S/c1-2-20-12-14-21(15-13-20)19(23)16-17-6-8-18(9-7-17)26(24,25)22-10-4-3-5-11-22/h6-9H,2-5,10-16H2,1H3. The Kier molecular flexibility index (Phi) is 6.32. The topological polar surface area (TPSA) is 60.9 Å². The third kappa shape index (κ3) is 4.45. The summed E-state index contributed by atoms with van der Waals surface area (Å²) in [6.07, 6.45) is 3.28. The minimum Gasteiger partial charge on any atom is -0.340 e. The minimum absolute atomic E-state index is 0.118. The quantitative estimate of drug-likeness (QED) is 0.779. The van der Waals surface area contributed by atoms with Gasteiger partial charge in [0.2, 0.25) is 15.9 Å². The molecule has 0 bridgehead atoms. The van der Waals surface area contributed by atoms with Crippen LogP contribution in [-0.2, 0) is 21.2 Å². The lowest BCUT2D eigenvalue weighted by Gasteiger charge is -2.34. The fraction of sp³-hybridized carbons (Fsp3) is 0.632. The normalized spacial score (nSPS) is 20.3. The Bertz CT molecular complexity index is 704. The maximum atomic E-state index is 12.7. The highest BCUT2D eigenvalue weighted by Gasteiger charge is 2.26. The summed E-state index contributed by atoms with van der Waals surface area (Å²) in [5.41, 5.74) is 0.866. The molecule has 2 heterocycles. The molecule has 0 atom stereocenters. The van der Waals surface area contributed by atoms with Crippen molar-refractivity contribution < 1.29 is 13.2 Å². The molecule has 0 spiro atoms. The summed E-state index contributed by atoms with van der Waals surface area (Å²) in [6, 6.07) is 6.83. The minimum atomic E-state index is -3.40. The number of likely N-dealkylation sites (N-methyl/N-ethyl adjacent to an activating group) is 1. The van der Waals surface area contributed by atoms with E-state index in [0.29, 0.717) is 24.4 Å². The molecule has 0 aliphatic carbocycles. The third-order valence-corrected chi connectivity index (χ3v) is 7.32. The first-order chi connectivity index (χ1) is 12.5. The Balaban J connectivity index is 1.60. The maximum absolute atomic E-state index is 12.7. The number of benzene rings is 1. The van der Waals surface area contributed by atoms with Gasteiger partial charge in [-0.3, -0.25) is 4.79 Å². The number of sulfonamides is 1. The molecule has 0 N–H and O–H groups in total. The van der Waals surface area contributed by atoms with Gasteiger partial charge in [-0.05, 0) is 37.1 Å². The Morgan fingerprint density at radius 3 is 2.12 bits per heavy atom. The van der Waals surface area contributed by atoms with E-state index in [1.54, 1.807) is 28.6 Å². The van der Waals surface area contributed by atoms with Crippen molar-refractivity contribution in [3.05, 3.63) is 29.8 Å². The summed E-state index contributed by atoms with van der Waals surface area (Å²) in [6.45, 7) is 7.76. The number of piperazine rings is 1. The summed E-state index contributed by atoms with van der Waals surface area (Å²) >= 11 is 0. The van der Waals surface area contributed by atoms with Crippen LogP contribution in [0.3, 0.4) is 0 Å². The molecular formula is C19H29N3O3S. The van der Waals surface area contributed by atoms with Gasteiger partial charge in [-0.1, -0.05) is 25.5 Å². The predicted molar refractivity (Wildman–Crippen MR) is 101 cm³/mol. The molecule has 1 aromatic rings. The van der Waals surface area contributed by atoms with E-state index in [2.05, 4.69) is 11.8 Å². The number of nitrogens with zero attached hydrogens (tertiary/aromatic N) is 3. The van der Waals surface area contributed by atoms with Crippen LogP contribution in [0.5, 0.6) is 0 Å². The zero-order valence-electron chi connectivity index (χ0n) is 15.6. The first kappa shape index (κ1) is 19.3. The van der Waals surface area contributed by atoms with E-state index in [0.717, 1.165) is 57.5 Å². The van der Waals surface area contributed by atoms with Crippen LogP contribution >= 0.6 is 0 Å². The lowest BCUT2D eigenvalue weighted by molar-refractivity contribution is -0.132. The van der Waals surface area contributed by atoms with Crippen molar-refractivity contribution in [1.82, 2.24) is 14.1 Å². The summed E-state index contributed by atoms with van der Waals surface area (Å²) in [7, 11) is -3.40. The fourth-order valence-corrected chi connectivity index (χ4v) is 5.15. The molecule has 0 aromatic heterocycles. The Morgan fingerprint density at radius 2 is 1.54 bits per heavy atom. The van der Waals surface area contributed by atoms with Crippen LogP contribution in [0.1, 0.15) is 31.7 Å². The zero-order valence-corrected chi connectivity index (χ0v) is 16.4. The van der Waals surface area contributed by atoms with E-state index in [-0.39, 0.29) is 5.91 Å². The average molecular weight is 380 g/mol. The fourth-order valence-electron chi connectivity index (χ4n) is 3.63. The van der Waals surface area contributed by atoms with Crippen molar-refractivity contribution in [1.29, 1.82) is 0 Å². The SMILES string of the molecule is CCN1CCN(C(=O)Cc2ccc(S(=O)(=O)N3CCCCC3)cc2)CC1. The first-order valence-corrected chi connectivity index (χ1v) is 11.0. The van der Waals surface area contributed by atoms with Crippen LogP contribution in [0.15, 0.2) is 29.2 Å². The molecule has 144 valence electrons. The van der Waals surface area contributed by atoms with Crippen molar-refractivity contribution in [2.75, 3.05) is 45.8 Å². The molecule has 1 amide bonds. The molecule has 0 unspecified atom stereocenters. The lowest BCUT2D eigenvalue weighted by Crippen LogP contribution is -2.48. The summed E-state index contributed by atoms with van der Waals surface area (Å²) in [5, 5.41) is 0. The van der Waals surface area contributed by atoms with Gasteiger partial charge in [0.25, 0.3) is 0 Å². The van der Waals surface area contributed by atoms with Crippen LogP contribution in [-0.4, -0.2) is 74.2 Å². The number of rotatable bonds is 5. The predicted octanol–water partition coefficient (Wildman–Crippen LogP) is 1.57. The van der Waals surface area contributed by atoms with E-state index in [9.17, 15) is 13.2 Å². The van der Waals surface area contributed by atoms with Crippen molar-refractivity contribution >= 4 is 15.9 Å². The van der Waals surface area contributed by atoms with Gasteiger partial charge in [-0.2, -0.15) is 4.31 Å². The van der Waals surface area contributed by atoms with Gasteiger partial charge in [0.1, 0.15) is 0 Å². The van der Waals surface area contributed by atoms with E-state index in [4.69, 9.17) is 0 Å². The second kappa shape index (κ2) is 8.50. The lowest BCUT2D eigenvalue weighted by atomic mass is 10.1. The van der Waals surface area contributed by atoms with Crippen LogP contribution in [0.4, 0.5) is 0 Å². The number of carbonyl (C=O) groups excluding carboxylic acids is 1. The van der Waals surface area contributed by atoms with Crippen molar-refractivity contribution in [2.45, 2.75) is 37.5 Å². The largest absolute Gasteiger partial charge is 0.340 e. The molecule has 2 fully saturated rings. The Morgan fingerprint density at radius 1 is 0.923 bits per heavy atom. The highest BCUT2D eigenvalue weighted by molar-refractivity contribution is 7.89. The number of hydrogen-bond donors (Lipinski definition) is 0. The van der Waals surface area contributed by atoms with Crippen LogP contribution < -0.4 is 0 Å². The maximum Gasteiger partial charge on any atom is 0.243 e. The van der Waals surface area contributed by atoms with Crippen molar-refractivity contribution in [3.63, 3.8) is 0 Å². The summed E-state index contributed by atoms with van der Waals surface area (Å²) in [5.74, 6) is 0.118. The smallest absolute Gasteiger partial charge is 0.243 e. The van der Waals surface area contributed by atoms with Crippen LogP contribution in [0.25, 0.3) is 0 Å². The number of carbonyl (C=O) groups is 1. The molecule has 2 aliphatic heterocycles. The molecule has 1 aromatic carbocycles. The van der Waals surface area contributed by atoms with Gasteiger partial charge < -0.3 is 9.80 Å². The van der Waals surface area contributed by atoms with Gasteiger partial charge in [0, 0.05) is 39.3 Å². The van der Waals surface area contributed by atoms with Gasteiger partial charge in [0.05, 0.1) is 11.3 Å². The van der Waals surface area contributed by atoms with Gasteiger partial charge in [0.15, 0.2) is 0 Å². The van der Waals surface area contributed by atoms with Gasteiger partial charge >= 0.3 is 0 Å². The summed E-state index contributed by atoms with van der Waals surface area (Å²) < 4.78 is 26.9. The van der Waals surface area contributed by atoms with Crippen LogP contribution in [0.2, 0.25) is 0 Å². The van der Waals surface area contributed by atoms with E-state index in [1.807, 2.05) is 4.90 Å². The molecular weight excluding hydrogens is 350 g/mol. The van der Waals surface area contributed by atoms with Crippen molar-refractivity contribution in [3.8, 4) is 0 Å². The molecule has 6 nitrogen and oxygen atoms in total. The molecule has 0 radical (unpaired) electrons. The number of amides is 1. The summed E-state index contributed by atoms with van der Waals surface area (Å²) in [4.78, 5) is 17.0. The van der Waals surface area contributed by atoms with E-state index < -0.39 is 10.0 Å². The first-order valence-electron chi connectivity index (χ1n) is 9.60. The Labute approximate surface area is 156 Å². The average Bonchev–Trinajstić information content (AvgIpc) is 2.69. The highest BCUT2D eigenvalue weighted by atomic mass is 32.2. The monoisotopic (exact) mass is 379 g/mol. The molecule has 0 saturated carbocycles. The Hall–Kier alpha value is -1.44. The number of hydrogen-bond acceptors (Lipinski definition) is 4. The molecule has 26 heavy (non-hydrogen) atoms. The van der Waals surface area contributed by atoms with E-state index in [1.165, 1.54) is 0 Å². The van der Waals surface area contributed by atoms with Crippen LogP contribution in [0, 0.1) is 0 Å². The van der Waals surface area contributed by atoms with Crippen molar-refractivity contribution in [2.24, 2.45) is 0 Å². The highest BCUT2D eigenvalue weighted by Crippen LogP contribution is 2.21. The second-order valence-corrected chi connectivity index (χ2v) is 9.04. The zero-order chi connectivity index (χ0) is 18.6. The molecule has 2 saturated heterocycles. The molecule has 7 heteroatoms. The molecule has 3 rings (SSSR count). The van der Waals surface area contributed by atoms with Gasteiger partial charge in [-0.25, -0.2) is 8.42 Å². The van der Waals surface area contributed by atoms with Gasteiger partial charge in [-0.15, -0.1) is 0 Å². The number of piperidine rings is 1. The second-order valence-electron chi connectivity index (χ2n) is 7.10. The molecule has 2 aliphatic rings. The third-order valence-electron chi connectivity index (χ3n) is 5.40.